The first-order valence-corrected chi connectivity index (χ1v) is 14.8. The fourth-order valence-electron chi connectivity index (χ4n) is 5.47. The number of amides is 3. The van der Waals surface area contributed by atoms with Gasteiger partial charge in [-0.1, -0.05) is 54.1 Å². The monoisotopic (exact) mass is 610 g/mol. The Labute approximate surface area is 255 Å². The second-order valence-electron chi connectivity index (χ2n) is 11.0. The Morgan fingerprint density at radius 2 is 1.77 bits per heavy atom. The van der Waals surface area contributed by atoms with Gasteiger partial charge in [-0.05, 0) is 61.8 Å². The van der Waals surface area contributed by atoms with E-state index in [2.05, 4.69) is 15.6 Å². The third-order valence-electron chi connectivity index (χ3n) is 7.79. The van der Waals surface area contributed by atoms with E-state index in [0.29, 0.717) is 50.2 Å². The van der Waals surface area contributed by atoms with Crippen LogP contribution in [0.3, 0.4) is 0 Å². The lowest BCUT2D eigenvalue weighted by atomic mass is 9.85. The summed E-state index contributed by atoms with van der Waals surface area (Å²) < 4.78 is 0. The maximum atomic E-state index is 13.7. The van der Waals surface area contributed by atoms with Gasteiger partial charge < -0.3 is 27.8 Å². The molecule has 8 N–H and O–H groups in total. The SMILES string of the molecule is NC(N)=NCCC[C@H](NC(=O)[C@@H]1CCN2CC[C@@](N)(Cc3ccccc3)C(=O)N12)C(=O)C(=O)NCCc1ccc(Cl)cc1. The molecule has 2 heterocycles. The highest BCUT2D eigenvalue weighted by atomic mass is 35.5. The summed E-state index contributed by atoms with van der Waals surface area (Å²) >= 11 is 5.92. The van der Waals surface area contributed by atoms with Gasteiger partial charge in [0.1, 0.15) is 11.6 Å². The zero-order valence-corrected chi connectivity index (χ0v) is 24.8. The van der Waals surface area contributed by atoms with Crippen LogP contribution in [0, 0.1) is 0 Å². The van der Waals surface area contributed by atoms with Crippen LogP contribution >= 0.6 is 11.6 Å². The Morgan fingerprint density at radius 1 is 1.05 bits per heavy atom. The molecular formula is C30H39ClN8O4. The van der Waals surface area contributed by atoms with Crippen molar-refractivity contribution in [3.63, 3.8) is 0 Å². The normalized spacial score (nSPS) is 20.7. The van der Waals surface area contributed by atoms with E-state index in [4.69, 9.17) is 28.8 Å². The second-order valence-corrected chi connectivity index (χ2v) is 11.4. The smallest absolute Gasteiger partial charge is 0.289 e. The molecule has 43 heavy (non-hydrogen) atoms. The third-order valence-corrected chi connectivity index (χ3v) is 8.04. The van der Waals surface area contributed by atoms with Crippen LogP contribution in [0.25, 0.3) is 0 Å². The summed E-state index contributed by atoms with van der Waals surface area (Å²) in [6.45, 7) is 1.47. The summed E-state index contributed by atoms with van der Waals surface area (Å²) in [4.78, 5) is 57.3. The number of ketones is 1. The molecule has 0 spiro atoms. The van der Waals surface area contributed by atoms with Gasteiger partial charge in [-0.3, -0.25) is 29.2 Å². The van der Waals surface area contributed by atoms with E-state index in [1.807, 2.05) is 47.5 Å². The molecule has 0 aromatic heterocycles. The van der Waals surface area contributed by atoms with Gasteiger partial charge in [0.15, 0.2) is 5.96 Å². The number of hydrogen-bond donors (Lipinski definition) is 5. The quantitative estimate of drug-likeness (QED) is 0.0924. The fourth-order valence-corrected chi connectivity index (χ4v) is 5.60. The number of nitrogens with two attached hydrogens (primary N) is 3. The molecule has 13 heteroatoms. The summed E-state index contributed by atoms with van der Waals surface area (Å²) in [6.07, 6.45) is 2.14. The number of Topliss-reactive ketones (excluding diaryl/α,β-unsaturated/α-hetero) is 1. The van der Waals surface area contributed by atoms with Crippen molar-refractivity contribution in [3.05, 3.63) is 70.7 Å². The van der Waals surface area contributed by atoms with Crippen LogP contribution < -0.4 is 27.8 Å². The highest BCUT2D eigenvalue weighted by Gasteiger charge is 2.51. The van der Waals surface area contributed by atoms with Gasteiger partial charge in [0, 0.05) is 31.2 Å². The molecule has 0 radical (unpaired) electrons. The molecule has 0 bridgehead atoms. The summed E-state index contributed by atoms with van der Waals surface area (Å²) in [5, 5.41) is 9.25. The van der Waals surface area contributed by atoms with Crippen molar-refractivity contribution < 1.29 is 19.2 Å². The Morgan fingerprint density at radius 3 is 2.47 bits per heavy atom. The average molecular weight is 611 g/mol. The molecule has 0 unspecified atom stereocenters. The highest BCUT2D eigenvalue weighted by molar-refractivity contribution is 6.38. The molecule has 2 aliphatic rings. The summed E-state index contributed by atoms with van der Waals surface area (Å²) in [5.74, 6) is -2.55. The fraction of sp³-hybridized carbons (Fsp3) is 0.433. The van der Waals surface area contributed by atoms with E-state index in [-0.39, 0.29) is 31.4 Å². The number of guanidine groups is 1. The molecule has 0 saturated carbocycles. The number of rotatable bonds is 13. The molecule has 2 aromatic carbocycles. The Hall–Kier alpha value is -4.00. The number of aliphatic imine (C=N–C) groups is 1. The van der Waals surface area contributed by atoms with Crippen molar-refractivity contribution >= 4 is 41.1 Å². The largest absolute Gasteiger partial charge is 0.370 e. The van der Waals surface area contributed by atoms with Crippen LogP contribution in [-0.2, 0) is 32.0 Å². The van der Waals surface area contributed by atoms with Crippen molar-refractivity contribution in [1.82, 2.24) is 20.7 Å². The van der Waals surface area contributed by atoms with Crippen LogP contribution in [-0.4, -0.2) is 83.3 Å². The zero-order chi connectivity index (χ0) is 31.0. The average Bonchev–Trinajstić information content (AvgIpc) is 3.42. The molecule has 12 nitrogen and oxygen atoms in total. The van der Waals surface area contributed by atoms with Gasteiger partial charge in [-0.15, -0.1) is 0 Å². The number of nitrogens with zero attached hydrogens (tertiary/aromatic N) is 3. The number of nitrogens with one attached hydrogen (secondary N) is 2. The topological polar surface area (TPSA) is 189 Å². The molecule has 3 atom stereocenters. The molecule has 0 aliphatic carbocycles. The summed E-state index contributed by atoms with van der Waals surface area (Å²) in [5.41, 5.74) is 18.2. The van der Waals surface area contributed by atoms with Gasteiger partial charge in [-0.2, -0.15) is 0 Å². The molecular weight excluding hydrogens is 572 g/mol. The van der Waals surface area contributed by atoms with Gasteiger partial charge in [0.25, 0.3) is 11.8 Å². The van der Waals surface area contributed by atoms with E-state index in [9.17, 15) is 19.2 Å². The summed E-state index contributed by atoms with van der Waals surface area (Å²) in [7, 11) is 0. The Bertz CT molecular complexity index is 1340. The number of hydrogen-bond acceptors (Lipinski definition) is 7. The number of carbonyl (C=O) groups is 4. The van der Waals surface area contributed by atoms with Crippen molar-refractivity contribution in [2.75, 3.05) is 26.2 Å². The van der Waals surface area contributed by atoms with Crippen molar-refractivity contribution in [2.24, 2.45) is 22.2 Å². The molecule has 2 fully saturated rings. The van der Waals surface area contributed by atoms with Crippen LogP contribution in [0.4, 0.5) is 0 Å². The molecule has 2 aliphatic heterocycles. The third kappa shape index (κ3) is 8.31. The van der Waals surface area contributed by atoms with E-state index in [1.54, 1.807) is 12.1 Å². The summed E-state index contributed by atoms with van der Waals surface area (Å²) in [6, 6.07) is 14.7. The first-order valence-electron chi connectivity index (χ1n) is 14.4. The van der Waals surface area contributed by atoms with E-state index in [0.717, 1.165) is 11.1 Å². The molecule has 4 rings (SSSR count). The van der Waals surface area contributed by atoms with Crippen molar-refractivity contribution in [1.29, 1.82) is 0 Å². The lowest BCUT2D eigenvalue weighted by Gasteiger charge is -2.44. The predicted molar refractivity (Wildman–Crippen MR) is 164 cm³/mol. The standard InChI is InChI=1S/C30H39ClN8O4/c31-22-10-8-20(9-11-22)12-16-35-27(42)25(40)23(7-4-15-36-29(32)33)37-26(41)24-13-17-38-18-14-30(34,28(43)39(24)38)19-21-5-2-1-3-6-21/h1-3,5-6,8-11,23-24H,4,7,12-19,34H2,(H,35,42)(H,37,41)(H4,32,33,36)/t23-,24-,30+/m0/s1. The van der Waals surface area contributed by atoms with E-state index in [1.165, 1.54) is 5.01 Å². The van der Waals surface area contributed by atoms with Crippen LogP contribution in [0.5, 0.6) is 0 Å². The number of benzene rings is 2. The van der Waals surface area contributed by atoms with E-state index < -0.39 is 35.2 Å². The molecule has 3 amide bonds. The first-order chi connectivity index (χ1) is 20.6. The highest BCUT2D eigenvalue weighted by Crippen LogP contribution is 2.31. The van der Waals surface area contributed by atoms with Gasteiger partial charge >= 0.3 is 0 Å². The lowest BCUT2D eigenvalue weighted by Crippen LogP contribution is -2.67. The Balaban J connectivity index is 1.41. The molecule has 2 aromatic rings. The van der Waals surface area contributed by atoms with Gasteiger partial charge in [-0.25, -0.2) is 5.01 Å². The minimum atomic E-state index is -1.17. The van der Waals surface area contributed by atoms with Crippen LogP contribution in [0.15, 0.2) is 59.6 Å². The number of hydrazine groups is 1. The van der Waals surface area contributed by atoms with Crippen LogP contribution in [0.2, 0.25) is 5.02 Å². The van der Waals surface area contributed by atoms with Crippen LogP contribution in [0.1, 0.15) is 36.8 Å². The Kier molecular flexibility index (Phi) is 10.7. The first kappa shape index (κ1) is 31.9. The van der Waals surface area contributed by atoms with Crippen molar-refractivity contribution in [3.8, 4) is 0 Å². The maximum absolute atomic E-state index is 13.7. The van der Waals surface area contributed by atoms with Gasteiger partial charge in [0.05, 0.1) is 6.04 Å². The number of fused-ring (bicyclic) bond motifs is 1. The van der Waals surface area contributed by atoms with E-state index >= 15 is 0 Å². The molecule has 230 valence electrons. The van der Waals surface area contributed by atoms with Crippen molar-refractivity contribution in [2.45, 2.75) is 56.1 Å². The zero-order valence-electron chi connectivity index (χ0n) is 24.0. The minimum absolute atomic E-state index is 0.0951. The second kappa shape index (κ2) is 14.5. The predicted octanol–water partition coefficient (Wildman–Crippen LogP) is 0.268. The molecule has 2 saturated heterocycles. The maximum Gasteiger partial charge on any atom is 0.289 e. The number of carbonyl (C=O) groups excluding carboxylic acids is 4. The van der Waals surface area contributed by atoms with Gasteiger partial charge in [0.2, 0.25) is 11.7 Å². The number of halogens is 1. The minimum Gasteiger partial charge on any atom is -0.370 e. The lowest BCUT2D eigenvalue weighted by molar-refractivity contribution is -0.165.